The van der Waals surface area contributed by atoms with E-state index >= 15 is 0 Å². The van der Waals surface area contributed by atoms with Crippen LogP contribution in [0.3, 0.4) is 0 Å². The van der Waals surface area contributed by atoms with Crippen molar-refractivity contribution in [3.8, 4) is 34.3 Å². The van der Waals surface area contributed by atoms with Gasteiger partial charge < -0.3 is 19.3 Å². The number of aromatic nitrogens is 4. The molecule has 0 bridgehead atoms. The first kappa shape index (κ1) is 40.8. The zero-order valence-electron chi connectivity index (χ0n) is 32.0. The zero-order chi connectivity index (χ0) is 39.6. The van der Waals surface area contributed by atoms with E-state index in [0.29, 0.717) is 21.7 Å². The molecule has 0 atom stereocenters. The van der Waals surface area contributed by atoms with Gasteiger partial charge in [-0.2, -0.15) is 18.7 Å². The Kier molecular flexibility index (Phi) is 14.2. The van der Waals surface area contributed by atoms with Gasteiger partial charge in [0.1, 0.15) is 17.3 Å². The fourth-order valence-corrected chi connectivity index (χ4v) is 8.69. The first-order valence-electron chi connectivity index (χ1n) is 18.9. The number of piperazine rings is 2. The van der Waals surface area contributed by atoms with Crippen LogP contribution in [-0.2, 0) is 12.8 Å². The second-order valence-corrected chi connectivity index (χ2v) is 16.2. The highest BCUT2D eigenvalue weighted by atomic mass is 35.5. The summed E-state index contributed by atoms with van der Waals surface area (Å²) < 4.78 is 32.5. The SMILES string of the molecule is COc1ccc(CCN2CCN(c3nc(-c4cc(Cl)cc(Cl)c4)ns3)CC2)cc1.COc1ccc(CCN2CCN(c3nc(-c4ccc(F)cc4)ns3)CC2)cc1. The number of hydrogen-bond acceptors (Lipinski definition) is 12. The Balaban J connectivity index is 0.000000174. The van der Waals surface area contributed by atoms with Crippen molar-refractivity contribution in [2.75, 3.05) is 89.5 Å². The molecule has 298 valence electrons. The minimum atomic E-state index is -0.245. The summed E-state index contributed by atoms with van der Waals surface area (Å²) in [6, 6.07) is 28.3. The van der Waals surface area contributed by atoms with Crippen LogP contribution in [0.5, 0.6) is 11.5 Å². The average molecular weight is 848 g/mol. The lowest BCUT2D eigenvalue weighted by Gasteiger charge is -2.34. The van der Waals surface area contributed by atoms with E-state index in [0.717, 1.165) is 111 Å². The van der Waals surface area contributed by atoms with Gasteiger partial charge in [0.2, 0.25) is 10.3 Å². The van der Waals surface area contributed by atoms with E-state index in [2.05, 4.69) is 57.6 Å². The number of ether oxygens (including phenoxy) is 2. The number of benzene rings is 4. The van der Waals surface area contributed by atoms with Crippen molar-refractivity contribution >= 4 is 56.5 Å². The van der Waals surface area contributed by atoms with Crippen molar-refractivity contribution in [1.82, 2.24) is 28.5 Å². The average Bonchev–Trinajstić information content (AvgIpc) is 3.95. The summed E-state index contributed by atoms with van der Waals surface area (Å²) in [4.78, 5) is 18.9. The van der Waals surface area contributed by atoms with Gasteiger partial charge in [0.05, 0.1) is 14.2 Å². The maximum atomic E-state index is 13.1. The smallest absolute Gasteiger partial charge is 0.205 e. The van der Waals surface area contributed by atoms with Crippen molar-refractivity contribution in [3.63, 3.8) is 0 Å². The second-order valence-electron chi connectivity index (χ2n) is 13.8. The highest BCUT2D eigenvalue weighted by Crippen LogP contribution is 2.30. The monoisotopic (exact) mass is 846 g/mol. The van der Waals surface area contributed by atoms with Crippen LogP contribution in [0.2, 0.25) is 10.0 Å². The molecule has 0 unspecified atom stereocenters. The molecular formula is C42H45Cl2FN8O2S2. The maximum absolute atomic E-state index is 13.1. The van der Waals surface area contributed by atoms with Crippen LogP contribution in [0.15, 0.2) is 91.0 Å². The van der Waals surface area contributed by atoms with Gasteiger partial charge in [-0.3, -0.25) is 9.80 Å². The van der Waals surface area contributed by atoms with E-state index < -0.39 is 0 Å². The standard InChI is InChI=1S/C21H22Cl2N4OS.C21H23FN4OS/c1-28-19-4-2-15(3-5-19)6-7-26-8-10-27(11-9-26)21-24-20(25-29-21)16-12-17(22)14-18(23)13-16;1-27-19-8-2-16(3-9-19)10-11-25-12-14-26(15-13-25)21-23-20(24-28-21)17-4-6-18(22)7-5-17/h2-5,12-14H,6-11H2,1H3;2-9H,10-15H2,1H3. The number of rotatable bonds is 12. The molecule has 2 aliphatic heterocycles. The molecule has 2 aromatic heterocycles. The van der Waals surface area contributed by atoms with Gasteiger partial charge in [0.25, 0.3) is 0 Å². The summed E-state index contributed by atoms with van der Waals surface area (Å²) in [7, 11) is 3.38. The Bertz CT molecular complexity index is 2140. The van der Waals surface area contributed by atoms with Crippen LogP contribution in [0, 0.1) is 5.82 Å². The lowest BCUT2D eigenvalue weighted by atomic mass is 10.1. The first-order chi connectivity index (χ1) is 27.8. The number of hydrogen-bond donors (Lipinski definition) is 0. The quantitative estimate of drug-likeness (QED) is 0.120. The first-order valence-corrected chi connectivity index (χ1v) is 21.2. The minimum Gasteiger partial charge on any atom is -0.497 e. The largest absolute Gasteiger partial charge is 0.497 e. The molecule has 0 aliphatic carbocycles. The summed E-state index contributed by atoms with van der Waals surface area (Å²) in [5, 5.41) is 3.07. The van der Waals surface area contributed by atoms with Crippen molar-refractivity contribution < 1.29 is 13.9 Å². The Hall–Kier alpha value is -4.37. The van der Waals surface area contributed by atoms with Gasteiger partial charge in [-0.15, -0.1) is 0 Å². The van der Waals surface area contributed by atoms with Gasteiger partial charge in [-0.25, -0.2) is 4.39 Å². The van der Waals surface area contributed by atoms with Crippen LogP contribution in [0.4, 0.5) is 14.7 Å². The molecule has 10 nitrogen and oxygen atoms in total. The molecule has 0 amide bonds. The Morgan fingerprint density at radius 2 is 0.982 bits per heavy atom. The second kappa shape index (κ2) is 19.9. The summed E-state index contributed by atoms with van der Waals surface area (Å²) in [6.07, 6.45) is 2.08. The predicted octanol–water partition coefficient (Wildman–Crippen LogP) is 8.60. The van der Waals surface area contributed by atoms with Crippen LogP contribution in [-0.4, -0.2) is 108 Å². The molecular weight excluding hydrogens is 803 g/mol. The highest BCUT2D eigenvalue weighted by Gasteiger charge is 2.22. The third kappa shape index (κ3) is 11.4. The van der Waals surface area contributed by atoms with E-state index in [1.807, 2.05) is 36.4 Å². The molecule has 2 fully saturated rings. The van der Waals surface area contributed by atoms with Crippen LogP contribution < -0.4 is 19.3 Å². The van der Waals surface area contributed by atoms with Gasteiger partial charge >= 0.3 is 0 Å². The molecule has 4 aromatic carbocycles. The van der Waals surface area contributed by atoms with Crippen molar-refractivity contribution in [2.24, 2.45) is 0 Å². The topological polar surface area (TPSA) is 83.0 Å². The molecule has 0 spiro atoms. The van der Waals surface area contributed by atoms with Crippen molar-refractivity contribution in [3.05, 3.63) is 118 Å². The lowest BCUT2D eigenvalue weighted by Crippen LogP contribution is -2.47. The Morgan fingerprint density at radius 3 is 1.40 bits per heavy atom. The fourth-order valence-electron chi connectivity index (χ4n) is 6.69. The summed E-state index contributed by atoms with van der Waals surface area (Å²) in [5.74, 6) is 2.90. The van der Waals surface area contributed by atoms with Crippen molar-refractivity contribution in [1.29, 1.82) is 0 Å². The van der Waals surface area contributed by atoms with Gasteiger partial charge in [0.15, 0.2) is 11.6 Å². The molecule has 2 aliphatic rings. The molecule has 0 saturated carbocycles. The van der Waals surface area contributed by atoms with Gasteiger partial charge in [0, 0.05) is 110 Å². The number of nitrogens with zero attached hydrogens (tertiary/aromatic N) is 8. The normalized spacial score (nSPS) is 15.0. The molecule has 0 N–H and O–H groups in total. The van der Waals surface area contributed by atoms with E-state index in [4.69, 9.17) is 37.7 Å². The van der Waals surface area contributed by atoms with Crippen LogP contribution in [0.25, 0.3) is 22.8 Å². The third-order valence-electron chi connectivity index (χ3n) is 10.1. The minimum absolute atomic E-state index is 0.245. The molecule has 0 radical (unpaired) electrons. The predicted molar refractivity (Wildman–Crippen MR) is 231 cm³/mol. The van der Waals surface area contributed by atoms with Gasteiger partial charge in [-0.1, -0.05) is 47.5 Å². The Labute approximate surface area is 351 Å². The van der Waals surface area contributed by atoms with Crippen LogP contribution >= 0.6 is 46.3 Å². The molecule has 57 heavy (non-hydrogen) atoms. The fraction of sp³-hybridized carbons (Fsp3) is 0.333. The third-order valence-corrected chi connectivity index (χ3v) is 12.1. The number of halogens is 3. The summed E-state index contributed by atoms with van der Waals surface area (Å²) >= 11 is 15.0. The van der Waals surface area contributed by atoms with E-state index in [1.165, 1.54) is 46.3 Å². The van der Waals surface area contributed by atoms with Crippen LogP contribution in [0.1, 0.15) is 11.1 Å². The number of anilines is 2. The van der Waals surface area contributed by atoms with E-state index in [1.54, 1.807) is 32.4 Å². The van der Waals surface area contributed by atoms with E-state index in [-0.39, 0.29) is 5.82 Å². The highest BCUT2D eigenvalue weighted by molar-refractivity contribution is 7.10. The summed E-state index contributed by atoms with van der Waals surface area (Å²) in [6.45, 7) is 9.98. The zero-order valence-corrected chi connectivity index (χ0v) is 35.1. The maximum Gasteiger partial charge on any atom is 0.205 e. The summed E-state index contributed by atoms with van der Waals surface area (Å²) in [5.41, 5.74) is 4.36. The molecule has 2 saturated heterocycles. The van der Waals surface area contributed by atoms with Crippen molar-refractivity contribution in [2.45, 2.75) is 12.8 Å². The molecule has 15 heteroatoms. The van der Waals surface area contributed by atoms with Gasteiger partial charge in [-0.05, 0) is 90.7 Å². The lowest BCUT2D eigenvalue weighted by molar-refractivity contribution is 0.261. The number of methoxy groups -OCH3 is 2. The molecule has 8 rings (SSSR count). The Morgan fingerprint density at radius 1 is 0.561 bits per heavy atom. The molecule has 4 heterocycles. The van der Waals surface area contributed by atoms with E-state index in [9.17, 15) is 4.39 Å². The molecule has 6 aromatic rings.